The molecule has 0 radical (unpaired) electrons. The minimum Gasteiger partial charge on any atom is -0.454 e. The van der Waals surface area contributed by atoms with Crippen LogP contribution in [0.3, 0.4) is 0 Å². The molecular weight excluding hydrogens is 218 g/mol. The van der Waals surface area contributed by atoms with Crippen LogP contribution in [-0.4, -0.2) is 12.4 Å². The van der Waals surface area contributed by atoms with Crippen LogP contribution in [0.2, 0.25) is 0 Å². The van der Waals surface area contributed by atoms with Crippen LogP contribution in [0.1, 0.15) is 39.3 Å². The lowest BCUT2D eigenvalue weighted by Gasteiger charge is -2.23. The van der Waals surface area contributed by atoms with Crippen molar-refractivity contribution < 1.29 is 14.3 Å². The Kier molecular flexibility index (Phi) is 3.26. The van der Waals surface area contributed by atoms with Crippen molar-refractivity contribution in [3.8, 4) is 11.5 Å². The van der Waals surface area contributed by atoms with Gasteiger partial charge in [0.05, 0.1) is 11.6 Å². The topological polar surface area (TPSA) is 39.7 Å². The second-order valence-electron chi connectivity index (χ2n) is 5.17. The van der Waals surface area contributed by atoms with Crippen LogP contribution in [0.5, 0.6) is 11.5 Å². The van der Waals surface area contributed by atoms with Crippen molar-refractivity contribution in [3.63, 3.8) is 0 Å². The zero-order valence-corrected chi connectivity index (χ0v) is 10.7. The highest BCUT2D eigenvalue weighted by Gasteiger charge is 2.17. The van der Waals surface area contributed by atoms with Crippen molar-refractivity contribution in [2.24, 2.45) is 0 Å². The molecule has 0 aliphatic carbocycles. The van der Waals surface area contributed by atoms with Crippen molar-refractivity contribution in [2.75, 3.05) is 6.79 Å². The molecular formula is C13H19NO3. The summed E-state index contributed by atoms with van der Waals surface area (Å²) in [5.41, 5.74) is 3.94. The first-order valence-electron chi connectivity index (χ1n) is 5.79. The highest BCUT2D eigenvalue weighted by atomic mass is 16.7. The smallest absolute Gasteiger partial charge is 0.231 e. The molecule has 0 spiro atoms. The van der Waals surface area contributed by atoms with Gasteiger partial charge >= 0.3 is 0 Å². The fourth-order valence-corrected chi connectivity index (χ4v) is 1.52. The fraction of sp³-hybridized carbons (Fsp3) is 0.538. The number of hydrogen-bond donors (Lipinski definition) is 1. The van der Waals surface area contributed by atoms with E-state index in [9.17, 15) is 0 Å². The van der Waals surface area contributed by atoms with Gasteiger partial charge in [0.25, 0.3) is 0 Å². The highest BCUT2D eigenvalue weighted by molar-refractivity contribution is 5.45. The lowest BCUT2D eigenvalue weighted by atomic mass is 10.1. The van der Waals surface area contributed by atoms with Gasteiger partial charge in [-0.3, -0.25) is 4.84 Å². The van der Waals surface area contributed by atoms with E-state index in [0.29, 0.717) is 6.79 Å². The summed E-state index contributed by atoms with van der Waals surface area (Å²) in [7, 11) is 0. The third-order valence-electron chi connectivity index (χ3n) is 2.44. The number of ether oxygens (including phenoxy) is 2. The highest BCUT2D eigenvalue weighted by Crippen LogP contribution is 2.34. The molecule has 1 atom stereocenters. The van der Waals surface area contributed by atoms with Crippen LogP contribution in [0, 0.1) is 0 Å². The molecule has 4 nitrogen and oxygen atoms in total. The summed E-state index contributed by atoms with van der Waals surface area (Å²) < 4.78 is 10.6. The van der Waals surface area contributed by atoms with Crippen LogP contribution in [-0.2, 0) is 4.84 Å². The van der Waals surface area contributed by atoms with Crippen molar-refractivity contribution in [1.82, 2.24) is 5.48 Å². The van der Waals surface area contributed by atoms with Gasteiger partial charge < -0.3 is 9.47 Å². The first kappa shape index (κ1) is 12.2. The van der Waals surface area contributed by atoms with E-state index in [1.165, 1.54) is 0 Å². The molecule has 1 unspecified atom stereocenters. The van der Waals surface area contributed by atoms with Gasteiger partial charge in [0.1, 0.15) is 0 Å². The number of benzene rings is 1. The maximum atomic E-state index is 5.54. The number of fused-ring (bicyclic) bond motifs is 1. The zero-order valence-electron chi connectivity index (χ0n) is 10.7. The molecule has 1 aromatic carbocycles. The molecule has 94 valence electrons. The van der Waals surface area contributed by atoms with Gasteiger partial charge in [0, 0.05) is 0 Å². The van der Waals surface area contributed by atoms with E-state index in [4.69, 9.17) is 14.3 Å². The summed E-state index contributed by atoms with van der Waals surface area (Å²) in [5, 5.41) is 0. The Morgan fingerprint density at radius 3 is 2.65 bits per heavy atom. The molecule has 4 heteroatoms. The predicted octanol–water partition coefficient (Wildman–Crippen LogP) is 2.80. The second-order valence-corrected chi connectivity index (χ2v) is 5.17. The zero-order chi connectivity index (χ0) is 12.5. The van der Waals surface area contributed by atoms with Crippen molar-refractivity contribution >= 4 is 0 Å². The van der Waals surface area contributed by atoms with Gasteiger partial charge in [0.2, 0.25) is 6.79 Å². The van der Waals surface area contributed by atoms with Crippen LogP contribution >= 0.6 is 0 Å². The summed E-state index contributed by atoms with van der Waals surface area (Å²) in [6, 6.07) is 6.01. The average molecular weight is 237 g/mol. The molecule has 0 aromatic heterocycles. The molecule has 17 heavy (non-hydrogen) atoms. The van der Waals surface area contributed by atoms with Crippen LogP contribution in [0.15, 0.2) is 18.2 Å². The minimum atomic E-state index is -0.204. The molecule has 0 saturated heterocycles. The van der Waals surface area contributed by atoms with E-state index in [1.807, 2.05) is 45.9 Å². The van der Waals surface area contributed by atoms with Gasteiger partial charge in [-0.25, -0.2) is 0 Å². The average Bonchev–Trinajstić information content (AvgIpc) is 2.71. The van der Waals surface area contributed by atoms with Crippen molar-refractivity contribution in [3.05, 3.63) is 23.8 Å². The van der Waals surface area contributed by atoms with E-state index in [0.717, 1.165) is 17.1 Å². The molecule has 0 fully saturated rings. The maximum absolute atomic E-state index is 5.54. The molecule has 1 aliphatic heterocycles. The Labute approximate surface area is 102 Å². The quantitative estimate of drug-likeness (QED) is 0.821. The second kappa shape index (κ2) is 4.55. The Hall–Kier alpha value is -1.26. The van der Waals surface area contributed by atoms with Crippen LogP contribution in [0.25, 0.3) is 0 Å². The Morgan fingerprint density at radius 1 is 1.24 bits per heavy atom. The molecule has 2 rings (SSSR count). The number of rotatable bonds is 3. The Morgan fingerprint density at radius 2 is 1.94 bits per heavy atom. The fourth-order valence-electron chi connectivity index (χ4n) is 1.52. The number of hydrogen-bond acceptors (Lipinski definition) is 4. The third kappa shape index (κ3) is 3.11. The molecule has 1 aromatic rings. The van der Waals surface area contributed by atoms with Crippen LogP contribution in [0.4, 0.5) is 0 Å². The van der Waals surface area contributed by atoms with E-state index in [1.54, 1.807) is 0 Å². The van der Waals surface area contributed by atoms with Gasteiger partial charge in [-0.2, -0.15) is 5.48 Å². The largest absolute Gasteiger partial charge is 0.454 e. The molecule has 0 saturated carbocycles. The van der Waals surface area contributed by atoms with Crippen LogP contribution < -0.4 is 15.0 Å². The Balaban J connectivity index is 2.02. The monoisotopic (exact) mass is 237 g/mol. The SMILES string of the molecule is CC(NOC(C)(C)C)c1ccc2c(c1)OCO2. The predicted molar refractivity (Wildman–Crippen MR) is 65.0 cm³/mol. The summed E-state index contributed by atoms with van der Waals surface area (Å²) in [6.07, 6.45) is 0. The molecule has 0 bridgehead atoms. The first-order chi connectivity index (χ1) is 7.96. The van der Waals surface area contributed by atoms with Gasteiger partial charge in [-0.1, -0.05) is 6.07 Å². The van der Waals surface area contributed by atoms with E-state index < -0.39 is 0 Å². The lowest BCUT2D eigenvalue weighted by Crippen LogP contribution is -2.30. The van der Waals surface area contributed by atoms with Gasteiger partial charge in [-0.05, 0) is 45.4 Å². The number of nitrogens with one attached hydrogen (secondary N) is 1. The first-order valence-corrected chi connectivity index (χ1v) is 5.79. The van der Waals surface area contributed by atoms with E-state index in [-0.39, 0.29) is 11.6 Å². The third-order valence-corrected chi connectivity index (χ3v) is 2.44. The Bertz CT molecular complexity index is 398. The number of hydroxylamine groups is 1. The summed E-state index contributed by atoms with van der Waals surface area (Å²) in [5.74, 6) is 1.60. The molecule has 1 heterocycles. The van der Waals surface area contributed by atoms with Crippen molar-refractivity contribution in [2.45, 2.75) is 39.3 Å². The molecule has 1 N–H and O–H groups in total. The lowest BCUT2D eigenvalue weighted by molar-refractivity contribution is -0.0866. The van der Waals surface area contributed by atoms with E-state index in [2.05, 4.69) is 5.48 Å². The maximum Gasteiger partial charge on any atom is 0.231 e. The normalized spacial score (nSPS) is 16.0. The minimum absolute atomic E-state index is 0.101. The summed E-state index contributed by atoms with van der Waals surface area (Å²) >= 11 is 0. The summed E-state index contributed by atoms with van der Waals surface area (Å²) in [6.45, 7) is 8.37. The van der Waals surface area contributed by atoms with E-state index >= 15 is 0 Å². The molecule has 1 aliphatic rings. The van der Waals surface area contributed by atoms with Crippen molar-refractivity contribution in [1.29, 1.82) is 0 Å². The van der Waals surface area contributed by atoms with Gasteiger partial charge in [0.15, 0.2) is 11.5 Å². The standard InChI is InChI=1S/C13H19NO3/c1-9(14-17-13(2,3)4)10-5-6-11-12(7-10)16-8-15-11/h5-7,9,14H,8H2,1-4H3. The summed E-state index contributed by atoms with van der Waals surface area (Å²) in [4.78, 5) is 5.54. The molecule has 0 amide bonds. The van der Waals surface area contributed by atoms with Gasteiger partial charge in [-0.15, -0.1) is 0 Å².